The van der Waals surface area contributed by atoms with Gasteiger partial charge in [0.05, 0.1) is 0 Å². The van der Waals surface area contributed by atoms with Crippen LogP contribution in [0.3, 0.4) is 0 Å². The number of halogens is 2. The van der Waals surface area contributed by atoms with Crippen LogP contribution in [-0.2, 0) is 32.6 Å². The van der Waals surface area contributed by atoms with Crippen molar-refractivity contribution >= 4 is 58.7 Å². The predicted molar refractivity (Wildman–Crippen MR) is 84.4 cm³/mol. The summed E-state index contributed by atoms with van der Waals surface area (Å²) in [5, 5.41) is 2.81. The Morgan fingerprint density at radius 2 is 1.73 bits per heavy atom. The van der Waals surface area contributed by atoms with Crippen molar-refractivity contribution < 1.29 is 26.2 Å². The van der Waals surface area contributed by atoms with E-state index in [1.165, 1.54) is 29.2 Å². The Morgan fingerprint density at radius 3 is 2.40 bits per heavy atom. The summed E-state index contributed by atoms with van der Waals surface area (Å²) in [7, 11) is 0. The van der Waals surface area contributed by atoms with Gasteiger partial charge in [0.2, 0.25) is 0 Å². The molecule has 0 fully saturated rings. The molecular formula is C12H15I2Zr-. The largest absolute Gasteiger partial charge is 0.168 e. The molecule has 0 saturated heterocycles. The molecule has 2 aromatic rings. The van der Waals surface area contributed by atoms with Gasteiger partial charge >= 0.3 is 0 Å². The van der Waals surface area contributed by atoms with E-state index in [-0.39, 0.29) is 74.2 Å². The summed E-state index contributed by atoms with van der Waals surface area (Å²) in [5.74, 6) is 0. The molecule has 2 rings (SSSR count). The molecule has 0 amide bonds. The van der Waals surface area contributed by atoms with Crippen molar-refractivity contribution in [3.05, 3.63) is 42.0 Å². The molecule has 0 aliphatic carbocycles. The van der Waals surface area contributed by atoms with E-state index >= 15 is 0 Å². The molecule has 0 aliphatic rings. The van der Waals surface area contributed by atoms with Crippen LogP contribution < -0.4 is 0 Å². The number of benzene rings is 1. The van der Waals surface area contributed by atoms with Crippen LogP contribution in [0.25, 0.3) is 10.8 Å². The van der Waals surface area contributed by atoms with E-state index in [9.17, 15) is 0 Å². The number of rotatable bonds is 2. The van der Waals surface area contributed by atoms with E-state index in [0.717, 1.165) is 0 Å². The summed E-state index contributed by atoms with van der Waals surface area (Å²) in [6.07, 6.45) is 2.43. The molecule has 0 saturated carbocycles. The first kappa shape index (κ1) is 18.5. The maximum Gasteiger partial charge on any atom is 0 e. The van der Waals surface area contributed by atoms with Gasteiger partial charge in [0.25, 0.3) is 0 Å². The van der Waals surface area contributed by atoms with Gasteiger partial charge in [-0.25, -0.2) is 0 Å². The molecule has 0 bridgehead atoms. The topological polar surface area (TPSA) is 0 Å². The fourth-order valence-corrected chi connectivity index (χ4v) is 1.70. The molecule has 0 heterocycles. The molecule has 3 heteroatoms. The minimum atomic E-state index is 0. The van der Waals surface area contributed by atoms with Crippen molar-refractivity contribution in [3.8, 4) is 0 Å². The maximum absolute atomic E-state index is 2.24. The van der Waals surface area contributed by atoms with Gasteiger partial charge in [-0.05, 0) is 0 Å². The number of aryl methyl sites for hydroxylation is 1. The molecule has 0 spiro atoms. The van der Waals surface area contributed by atoms with Crippen molar-refractivity contribution in [2.24, 2.45) is 0 Å². The zero-order valence-corrected chi connectivity index (χ0v) is 15.8. The number of hydrogen-bond acceptors (Lipinski definition) is 0. The Bertz CT molecular complexity index is 382. The van der Waals surface area contributed by atoms with Gasteiger partial charge in [0.1, 0.15) is 0 Å². The normalized spacial score (nSPS) is 8.60. The van der Waals surface area contributed by atoms with Crippen LogP contribution in [0.4, 0.5) is 0 Å². The van der Waals surface area contributed by atoms with Crippen molar-refractivity contribution in [2.45, 2.75) is 19.8 Å². The van der Waals surface area contributed by atoms with Gasteiger partial charge in [0.15, 0.2) is 0 Å². The standard InChI is InChI=1S/C12H13.2HI.Zr/c1-2-5-10-8-9-11-6-3-4-7-12(10)11;;;/h3-4,6-9H,2,5H2,1H3;2*1H;/q-1;;;. The second-order valence-electron chi connectivity index (χ2n) is 3.20. The quantitative estimate of drug-likeness (QED) is 0.410. The average Bonchev–Trinajstić information content (AvgIpc) is 2.50. The zero-order chi connectivity index (χ0) is 8.39. The van der Waals surface area contributed by atoms with E-state index in [1.807, 2.05) is 0 Å². The summed E-state index contributed by atoms with van der Waals surface area (Å²) in [4.78, 5) is 0. The van der Waals surface area contributed by atoms with Crippen molar-refractivity contribution in [3.63, 3.8) is 0 Å². The van der Waals surface area contributed by atoms with Crippen LogP contribution in [0.1, 0.15) is 18.9 Å². The van der Waals surface area contributed by atoms with E-state index in [1.54, 1.807) is 0 Å². The van der Waals surface area contributed by atoms with E-state index < -0.39 is 0 Å². The smallest absolute Gasteiger partial charge is 0 e. The molecule has 82 valence electrons. The fourth-order valence-electron chi connectivity index (χ4n) is 1.70. The summed E-state index contributed by atoms with van der Waals surface area (Å²) < 4.78 is 0. The van der Waals surface area contributed by atoms with Crippen LogP contribution in [-0.4, -0.2) is 0 Å². The summed E-state index contributed by atoms with van der Waals surface area (Å²) >= 11 is 0. The molecule has 0 N–H and O–H groups in total. The van der Waals surface area contributed by atoms with E-state index in [2.05, 4.69) is 43.3 Å². The zero-order valence-electron chi connectivity index (χ0n) is 8.69. The fraction of sp³-hybridized carbons (Fsp3) is 0.250. The second kappa shape index (κ2) is 9.23. The van der Waals surface area contributed by atoms with Gasteiger partial charge in [-0.1, -0.05) is 25.8 Å². The Labute approximate surface area is 145 Å². The third-order valence-corrected chi connectivity index (χ3v) is 2.29. The monoisotopic (exact) mass is 503 g/mol. The summed E-state index contributed by atoms with van der Waals surface area (Å²) in [5.41, 5.74) is 1.49. The van der Waals surface area contributed by atoms with E-state index in [0.29, 0.717) is 0 Å². The Hall–Kier alpha value is 1.17. The minimum absolute atomic E-state index is 0. The van der Waals surface area contributed by atoms with Crippen LogP contribution in [0.2, 0.25) is 0 Å². The predicted octanol–water partition coefficient (Wildman–Crippen LogP) is 4.74. The third kappa shape index (κ3) is 4.51. The molecule has 0 radical (unpaired) electrons. The van der Waals surface area contributed by atoms with Gasteiger partial charge in [0, 0.05) is 26.2 Å². The number of fused-ring (bicyclic) bond motifs is 1. The third-order valence-electron chi connectivity index (χ3n) is 2.29. The summed E-state index contributed by atoms with van der Waals surface area (Å²) in [6, 6.07) is 13.0. The first-order valence-electron chi connectivity index (χ1n) is 4.55. The molecule has 2 aromatic carbocycles. The van der Waals surface area contributed by atoms with Crippen molar-refractivity contribution in [1.29, 1.82) is 0 Å². The Morgan fingerprint density at radius 1 is 1.07 bits per heavy atom. The van der Waals surface area contributed by atoms with Crippen LogP contribution in [0, 0.1) is 0 Å². The van der Waals surface area contributed by atoms with Gasteiger partial charge in [-0.15, -0.1) is 88.6 Å². The molecule has 0 aliphatic heterocycles. The van der Waals surface area contributed by atoms with Crippen molar-refractivity contribution in [1.82, 2.24) is 0 Å². The average molecular weight is 504 g/mol. The number of hydrogen-bond donors (Lipinski definition) is 0. The van der Waals surface area contributed by atoms with Gasteiger partial charge in [-0.3, -0.25) is 0 Å². The van der Waals surface area contributed by atoms with Crippen LogP contribution in [0.5, 0.6) is 0 Å². The van der Waals surface area contributed by atoms with E-state index in [4.69, 9.17) is 0 Å². The molecule has 0 unspecified atom stereocenters. The van der Waals surface area contributed by atoms with Crippen LogP contribution >= 0.6 is 48.0 Å². The molecule has 0 atom stereocenters. The van der Waals surface area contributed by atoms with Gasteiger partial charge in [-0.2, -0.15) is 6.07 Å². The SMILES string of the molecule is CCC[c-]1ccc2ccccc21.I.I.[Zr]. The van der Waals surface area contributed by atoms with Crippen LogP contribution in [0.15, 0.2) is 36.4 Å². The molecular weight excluding hydrogens is 489 g/mol. The Balaban J connectivity index is 0. The molecule has 15 heavy (non-hydrogen) atoms. The summed E-state index contributed by atoms with van der Waals surface area (Å²) in [6.45, 7) is 2.22. The van der Waals surface area contributed by atoms with Crippen molar-refractivity contribution in [2.75, 3.05) is 0 Å². The van der Waals surface area contributed by atoms with Gasteiger partial charge < -0.3 is 0 Å². The first-order valence-corrected chi connectivity index (χ1v) is 4.55. The Kier molecular flexibility index (Phi) is 11.4. The first-order chi connectivity index (χ1) is 5.92. The molecule has 0 aromatic heterocycles. The molecule has 0 nitrogen and oxygen atoms in total. The maximum atomic E-state index is 2.24. The minimum Gasteiger partial charge on any atom is -0.168 e. The second-order valence-corrected chi connectivity index (χ2v) is 3.20.